The van der Waals surface area contributed by atoms with Crippen LogP contribution in [-0.4, -0.2) is 5.78 Å². The number of carbonyl (C=O) groups is 1. The molecule has 1 rings (SSSR count). The Balaban J connectivity index is 3.05. The van der Waals surface area contributed by atoms with Gasteiger partial charge in [0.25, 0.3) is 0 Å². The molecule has 1 aromatic rings. The topological polar surface area (TPSA) is 17.1 Å². The first-order chi connectivity index (χ1) is 6.15. The average molecular weight is 243 g/mol. The molecule has 0 aliphatic rings. The summed E-state index contributed by atoms with van der Waals surface area (Å²) in [5, 5.41) is 0. The lowest BCUT2D eigenvalue weighted by molar-refractivity contribution is 0.0995. The lowest BCUT2D eigenvalue weighted by atomic mass is 10.1. The molecule has 0 N–H and O–H groups in total. The number of hydrogen-bond donors (Lipinski definition) is 0. The van der Waals surface area contributed by atoms with Crippen LogP contribution in [0.15, 0.2) is 35.3 Å². The lowest BCUT2D eigenvalue weighted by Crippen LogP contribution is -1.98. The van der Waals surface area contributed by atoms with Crippen molar-refractivity contribution in [3.8, 4) is 0 Å². The van der Waals surface area contributed by atoms with Crippen molar-refractivity contribution in [1.29, 1.82) is 0 Å². The molecule has 1 nitrogen and oxygen atoms in total. The number of ketones is 1. The van der Waals surface area contributed by atoms with Crippen LogP contribution in [0.1, 0.15) is 16.8 Å². The van der Waals surface area contributed by atoms with E-state index in [0.29, 0.717) is 10.0 Å². The third-order valence-electron chi connectivity index (χ3n) is 1.56. The van der Waals surface area contributed by atoms with Gasteiger partial charge in [-0.05, 0) is 18.2 Å². The van der Waals surface area contributed by atoms with Gasteiger partial charge in [-0.3, -0.25) is 4.79 Å². The van der Waals surface area contributed by atoms with E-state index in [1.54, 1.807) is 0 Å². The molecule has 3 heteroatoms. The lowest BCUT2D eigenvalue weighted by Gasteiger charge is -2.00. The molecule has 0 aliphatic heterocycles. The Bertz CT molecular complexity index is 347. The quantitative estimate of drug-likeness (QED) is 0.587. The van der Waals surface area contributed by atoms with Crippen LogP contribution in [-0.2, 0) is 0 Å². The number of benzene rings is 1. The zero-order valence-electron chi connectivity index (χ0n) is 6.89. The maximum Gasteiger partial charge on any atom is 0.167 e. The van der Waals surface area contributed by atoms with Crippen LogP contribution in [0.4, 0.5) is 4.39 Å². The Kier molecular flexibility index (Phi) is 3.37. The monoisotopic (exact) mass is 242 g/mol. The summed E-state index contributed by atoms with van der Waals surface area (Å²) < 4.78 is 13.4. The molecule has 0 amide bonds. The van der Waals surface area contributed by atoms with Gasteiger partial charge in [-0.25, -0.2) is 4.39 Å². The average Bonchev–Trinajstić information content (AvgIpc) is 2.09. The van der Waals surface area contributed by atoms with Gasteiger partial charge in [0.2, 0.25) is 0 Å². The van der Waals surface area contributed by atoms with E-state index in [9.17, 15) is 9.18 Å². The summed E-state index contributed by atoms with van der Waals surface area (Å²) in [6, 6.07) is 4.04. The van der Waals surface area contributed by atoms with E-state index in [4.69, 9.17) is 0 Å². The molecule has 68 valence electrons. The van der Waals surface area contributed by atoms with Gasteiger partial charge in [0, 0.05) is 16.5 Å². The van der Waals surface area contributed by atoms with Crippen LogP contribution in [0.2, 0.25) is 0 Å². The van der Waals surface area contributed by atoms with E-state index in [1.165, 1.54) is 24.3 Å². The highest BCUT2D eigenvalue weighted by molar-refractivity contribution is 9.10. The number of Topliss-reactive ketones (excluding diaryl/α,β-unsaturated/α-hetero) is 1. The number of carbonyl (C=O) groups excluding carboxylic acids is 1. The zero-order valence-corrected chi connectivity index (χ0v) is 8.47. The number of hydrogen-bond acceptors (Lipinski definition) is 1. The molecule has 0 heterocycles. The smallest absolute Gasteiger partial charge is 0.167 e. The molecule has 0 saturated carbocycles. The minimum Gasteiger partial charge on any atom is -0.294 e. The zero-order chi connectivity index (χ0) is 9.84. The molecule has 0 aromatic heterocycles. The number of rotatable bonds is 3. The van der Waals surface area contributed by atoms with E-state index in [2.05, 4.69) is 22.5 Å². The standard InChI is InChI=1S/C10H8BrFO/c1-2-3-10(13)8-6-7(12)4-5-9(8)11/h2,4-6H,1,3H2. The molecule has 0 aliphatic carbocycles. The Hall–Kier alpha value is -0.960. The second-order valence-electron chi connectivity index (χ2n) is 2.54. The summed E-state index contributed by atoms with van der Waals surface area (Å²) in [6.07, 6.45) is 1.72. The second kappa shape index (κ2) is 4.33. The van der Waals surface area contributed by atoms with Crippen molar-refractivity contribution in [3.05, 3.63) is 46.7 Å². The van der Waals surface area contributed by atoms with Crippen LogP contribution in [0.25, 0.3) is 0 Å². The van der Waals surface area contributed by atoms with Crippen molar-refractivity contribution < 1.29 is 9.18 Å². The van der Waals surface area contributed by atoms with Gasteiger partial charge in [0.1, 0.15) is 5.82 Å². The molecule has 0 unspecified atom stereocenters. The Morgan fingerprint density at radius 2 is 2.31 bits per heavy atom. The Labute approximate surface area is 84.4 Å². The highest BCUT2D eigenvalue weighted by Gasteiger charge is 2.08. The molecule has 0 saturated heterocycles. The van der Waals surface area contributed by atoms with Gasteiger partial charge in [0.15, 0.2) is 5.78 Å². The molecule has 0 radical (unpaired) electrons. The van der Waals surface area contributed by atoms with Gasteiger partial charge < -0.3 is 0 Å². The largest absolute Gasteiger partial charge is 0.294 e. The molecule has 1 aromatic carbocycles. The van der Waals surface area contributed by atoms with Crippen molar-refractivity contribution in [3.63, 3.8) is 0 Å². The van der Waals surface area contributed by atoms with E-state index in [0.717, 1.165) is 0 Å². The summed E-state index contributed by atoms with van der Waals surface area (Å²) in [4.78, 5) is 11.3. The maximum absolute atomic E-state index is 12.7. The maximum atomic E-state index is 12.7. The third kappa shape index (κ3) is 2.49. The highest BCUT2D eigenvalue weighted by atomic mass is 79.9. The van der Waals surface area contributed by atoms with Gasteiger partial charge in [-0.1, -0.05) is 22.0 Å². The summed E-state index contributed by atoms with van der Waals surface area (Å²) in [5.74, 6) is -0.544. The highest BCUT2D eigenvalue weighted by Crippen LogP contribution is 2.19. The van der Waals surface area contributed by atoms with Gasteiger partial charge >= 0.3 is 0 Å². The third-order valence-corrected chi connectivity index (χ3v) is 2.25. The second-order valence-corrected chi connectivity index (χ2v) is 3.39. The first-order valence-corrected chi connectivity index (χ1v) is 4.53. The van der Waals surface area contributed by atoms with Crippen LogP contribution in [0, 0.1) is 5.82 Å². The number of halogens is 2. The Morgan fingerprint density at radius 1 is 1.62 bits per heavy atom. The van der Waals surface area contributed by atoms with Crippen LogP contribution >= 0.6 is 15.9 Å². The van der Waals surface area contributed by atoms with Crippen molar-refractivity contribution >= 4 is 21.7 Å². The molecule has 0 atom stereocenters. The summed E-state index contributed by atoms with van der Waals surface area (Å²) in [5.41, 5.74) is 0.361. The molecule has 0 fully saturated rings. The molecule has 0 bridgehead atoms. The van der Waals surface area contributed by atoms with Crippen LogP contribution < -0.4 is 0 Å². The fraction of sp³-hybridized carbons (Fsp3) is 0.100. The Morgan fingerprint density at radius 3 is 2.92 bits per heavy atom. The summed E-state index contributed by atoms with van der Waals surface area (Å²) >= 11 is 3.18. The minimum absolute atomic E-state index is 0.138. The van der Waals surface area contributed by atoms with E-state index in [-0.39, 0.29) is 12.2 Å². The normalized spacial score (nSPS) is 9.69. The fourth-order valence-corrected chi connectivity index (χ4v) is 1.42. The van der Waals surface area contributed by atoms with E-state index >= 15 is 0 Å². The molecule has 13 heavy (non-hydrogen) atoms. The minimum atomic E-state index is -0.407. The van der Waals surface area contributed by atoms with Crippen molar-refractivity contribution in [2.45, 2.75) is 6.42 Å². The SMILES string of the molecule is C=CCC(=O)c1cc(F)ccc1Br. The van der Waals surface area contributed by atoms with Gasteiger partial charge in [-0.15, -0.1) is 6.58 Å². The fourth-order valence-electron chi connectivity index (χ4n) is 0.952. The van der Waals surface area contributed by atoms with Gasteiger partial charge in [-0.2, -0.15) is 0 Å². The number of allylic oxidation sites excluding steroid dienone is 1. The molecular formula is C10H8BrFO. The van der Waals surface area contributed by atoms with Crippen molar-refractivity contribution in [2.75, 3.05) is 0 Å². The summed E-state index contributed by atoms with van der Waals surface area (Å²) in [6.45, 7) is 3.45. The van der Waals surface area contributed by atoms with E-state index < -0.39 is 5.82 Å². The van der Waals surface area contributed by atoms with Crippen LogP contribution in [0.3, 0.4) is 0 Å². The van der Waals surface area contributed by atoms with Crippen molar-refractivity contribution in [1.82, 2.24) is 0 Å². The van der Waals surface area contributed by atoms with E-state index in [1.807, 2.05) is 0 Å². The van der Waals surface area contributed by atoms with Crippen molar-refractivity contribution in [2.24, 2.45) is 0 Å². The first kappa shape index (κ1) is 10.1. The predicted octanol–water partition coefficient (Wildman–Crippen LogP) is 3.35. The predicted molar refractivity (Wildman–Crippen MR) is 53.2 cm³/mol. The first-order valence-electron chi connectivity index (χ1n) is 3.74. The van der Waals surface area contributed by atoms with Gasteiger partial charge in [0.05, 0.1) is 0 Å². The summed E-state index contributed by atoms with van der Waals surface area (Å²) in [7, 11) is 0. The molecular weight excluding hydrogens is 235 g/mol. The molecule has 0 spiro atoms. The van der Waals surface area contributed by atoms with Crippen LogP contribution in [0.5, 0.6) is 0 Å².